The summed E-state index contributed by atoms with van der Waals surface area (Å²) in [5.41, 5.74) is 4.11. The second-order valence-electron chi connectivity index (χ2n) is 6.49. The summed E-state index contributed by atoms with van der Waals surface area (Å²) in [4.78, 5) is 13.8. The third kappa shape index (κ3) is 3.54. The van der Waals surface area contributed by atoms with Gasteiger partial charge in [0, 0.05) is 24.8 Å². The molecule has 132 valence electrons. The number of nitrogens with one attached hydrogen (secondary N) is 1. The first-order chi connectivity index (χ1) is 11.8. The van der Waals surface area contributed by atoms with Crippen LogP contribution in [0.4, 0.5) is 11.4 Å². The van der Waals surface area contributed by atoms with E-state index >= 15 is 0 Å². The molecule has 0 fully saturated rings. The number of hydrogen-bond acceptors (Lipinski definition) is 3. The minimum atomic E-state index is -3.65. The number of carbonyl (C=O) groups is 1. The molecule has 0 atom stereocenters. The second-order valence-corrected chi connectivity index (χ2v) is 8.14. The minimum absolute atomic E-state index is 0.00422. The Bertz CT molecular complexity index is 936. The van der Waals surface area contributed by atoms with Gasteiger partial charge < -0.3 is 4.90 Å². The molecule has 1 aliphatic rings. The highest BCUT2D eigenvalue weighted by atomic mass is 32.2. The van der Waals surface area contributed by atoms with E-state index in [-0.39, 0.29) is 10.8 Å². The molecule has 1 aliphatic heterocycles. The summed E-state index contributed by atoms with van der Waals surface area (Å²) in [5.74, 6) is 0.00422. The summed E-state index contributed by atoms with van der Waals surface area (Å²) in [6, 6.07) is 10.6. The molecule has 0 radical (unpaired) electrons. The van der Waals surface area contributed by atoms with Gasteiger partial charge >= 0.3 is 0 Å². The molecule has 0 aromatic heterocycles. The van der Waals surface area contributed by atoms with Gasteiger partial charge in [-0.15, -0.1) is 0 Å². The molecule has 0 spiro atoms. The van der Waals surface area contributed by atoms with E-state index in [9.17, 15) is 13.2 Å². The topological polar surface area (TPSA) is 66.5 Å². The molecule has 1 heterocycles. The molecular weight excluding hydrogens is 336 g/mol. The molecule has 1 N–H and O–H groups in total. The summed E-state index contributed by atoms with van der Waals surface area (Å²) < 4.78 is 28.1. The fraction of sp³-hybridized carbons (Fsp3) is 0.316. The van der Waals surface area contributed by atoms with Crippen molar-refractivity contribution in [3.8, 4) is 0 Å². The fourth-order valence-corrected chi connectivity index (χ4v) is 4.58. The Morgan fingerprint density at radius 1 is 1.12 bits per heavy atom. The number of anilines is 2. The Labute approximate surface area is 148 Å². The van der Waals surface area contributed by atoms with Gasteiger partial charge in [0.15, 0.2) is 0 Å². The Balaban J connectivity index is 1.92. The Morgan fingerprint density at radius 2 is 1.88 bits per heavy atom. The monoisotopic (exact) mass is 358 g/mol. The quantitative estimate of drug-likeness (QED) is 0.914. The number of hydrogen-bond donors (Lipinski definition) is 1. The van der Waals surface area contributed by atoms with Crippen LogP contribution in [0.25, 0.3) is 0 Å². The zero-order valence-corrected chi connectivity index (χ0v) is 15.5. The highest BCUT2D eigenvalue weighted by molar-refractivity contribution is 7.92. The number of nitrogens with zero attached hydrogens (tertiary/aromatic N) is 1. The lowest BCUT2D eigenvalue weighted by atomic mass is 10.0. The van der Waals surface area contributed by atoms with Crippen molar-refractivity contribution in [1.82, 2.24) is 0 Å². The van der Waals surface area contributed by atoms with Crippen LogP contribution in [0.2, 0.25) is 0 Å². The van der Waals surface area contributed by atoms with Gasteiger partial charge in [0.2, 0.25) is 5.91 Å². The second kappa shape index (κ2) is 6.52. The van der Waals surface area contributed by atoms with Crippen molar-refractivity contribution in [3.05, 3.63) is 53.1 Å². The maximum atomic E-state index is 12.7. The third-order valence-electron chi connectivity index (χ3n) is 4.45. The van der Waals surface area contributed by atoms with Crippen LogP contribution >= 0.6 is 0 Å². The summed E-state index contributed by atoms with van der Waals surface area (Å²) in [7, 11) is -3.65. The van der Waals surface area contributed by atoms with E-state index in [0.29, 0.717) is 17.8 Å². The van der Waals surface area contributed by atoms with E-state index in [4.69, 9.17) is 0 Å². The van der Waals surface area contributed by atoms with Crippen LogP contribution in [0, 0.1) is 13.8 Å². The fourth-order valence-electron chi connectivity index (χ4n) is 3.30. The molecule has 0 saturated carbocycles. The first-order valence-corrected chi connectivity index (χ1v) is 9.77. The largest absolute Gasteiger partial charge is 0.312 e. The summed E-state index contributed by atoms with van der Waals surface area (Å²) in [6.45, 7) is 5.97. The molecule has 0 bridgehead atoms. The molecule has 3 rings (SSSR count). The van der Waals surface area contributed by atoms with Crippen molar-refractivity contribution in [2.75, 3.05) is 16.2 Å². The van der Waals surface area contributed by atoms with Gasteiger partial charge in [-0.25, -0.2) is 8.42 Å². The maximum Gasteiger partial charge on any atom is 0.262 e. The predicted molar refractivity (Wildman–Crippen MR) is 99.5 cm³/mol. The Morgan fingerprint density at radius 3 is 2.56 bits per heavy atom. The van der Waals surface area contributed by atoms with Gasteiger partial charge in [-0.05, 0) is 62.1 Å². The summed E-state index contributed by atoms with van der Waals surface area (Å²) in [5, 5.41) is 0. The molecule has 2 aromatic carbocycles. The van der Waals surface area contributed by atoms with E-state index < -0.39 is 10.0 Å². The van der Waals surface area contributed by atoms with E-state index in [1.807, 2.05) is 25.1 Å². The zero-order chi connectivity index (χ0) is 18.2. The van der Waals surface area contributed by atoms with E-state index in [0.717, 1.165) is 29.7 Å². The van der Waals surface area contributed by atoms with Gasteiger partial charge in [-0.1, -0.05) is 17.7 Å². The Hall–Kier alpha value is -2.34. The normalized spacial score (nSPS) is 14.1. The van der Waals surface area contributed by atoms with Crippen LogP contribution in [0.5, 0.6) is 0 Å². The van der Waals surface area contributed by atoms with Crippen LogP contribution in [0.3, 0.4) is 0 Å². The van der Waals surface area contributed by atoms with Crippen molar-refractivity contribution >= 4 is 27.3 Å². The highest BCUT2D eigenvalue weighted by Crippen LogP contribution is 2.31. The van der Waals surface area contributed by atoms with Crippen molar-refractivity contribution in [1.29, 1.82) is 0 Å². The van der Waals surface area contributed by atoms with Crippen LogP contribution in [0.1, 0.15) is 30.0 Å². The van der Waals surface area contributed by atoms with Crippen LogP contribution in [0.15, 0.2) is 41.3 Å². The first kappa shape index (κ1) is 17.5. The number of aryl methyl sites for hydroxylation is 3. The van der Waals surface area contributed by atoms with Crippen molar-refractivity contribution in [2.45, 2.75) is 38.5 Å². The number of rotatable bonds is 3. The van der Waals surface area contributed by atoms with Crippen molar-refractivity contribution in [2.24, 2.45) is 0 Å². The average Bonchev–Trinajstić information content (AvgIpc) is 2.53. The molecule has 0 unspecified atom stereocenters. The lowest BCUT2D eigenvalue weighted by molar-refractivity contribution is -0.116. The number of amides is 1. The number of benzene rings is 2. The standard InChI is InChI=1S/C19H22N2O3S/c1-13-6-9-19(14(2)11-13)25(23,24)20-17-7-8-18-16(12-17)5-4-10-21(18)15(3)22/h6-9,11-12,20H,4-5,10H2,1-3H3. The van der Waals surface area contributed by atoms with E-state index in [1.165, 1.54) is 0 Å². The SMILES string of the molecule is CC(=O)N1CCCc2cc(NS(=O)(=O)c3ccc(C)cc3C)ccc21. The Kier molecular flexibility index (Phi) is 4.56. The molecule has 0 saturated heterocycles. The average molecular weight is 358 g/mol. The molecule has 2 aromatic rings. The van der Waals surface area contributed by atoms with Gasteiger partial charge in [-0.2, -0.15) is 0 Å². The zero-order valence-electron chi connectivity index (χ0n) is 14.7. The number of carbonyl (C=O) groups excluding carboxylic acids is 1. The lowest BCUT2D eigenvalue weighted by Gasteiger charge is -2.29. The maximum absolute atomic E-state index is 12.7. The minimum Gasteiger partial charge on any atom is -0.312 e. The van der Waals surface area contributed by atoms with Gasteiger partial charge in [0.1, 0.15) is 0 Å². The molecule has 25 heavy (non-hydrogen) atoms. The van der Waals surface area contributed by atoms with Crippen LogP contribution < -0.4 is 9.62 Å². The number of sulfonamides is 1. The molecular formula is C19H22N2O3S. The third-order valence-corrected chi connectivity index (χ3v) is 5.99. The van der Waals surface area contributed by atoms with Crippen LogP contribution in [-0.4, -0.2) is 20.9 Å². The first-order valence-electron chi connectivity index (χ1n) is 8.29. The number of fused-ring (bicyclic) bond motifs is 1. The van der Waals surface area contributed by atoms with Crippen molar-refractivity contribution < 1.29 is 13.2 Å². The summed E-state index contributed by atoms with van der Waals surface area (Å²) >= 11 is 0. The van der Waals surface area contributed by atoms with Crippen molar-refractivity contribution in [3.63, 3.8) is 0 Å². The van der Waals surface area contributed by atoms with Crippen LogP contribution in [-0.2, 0) is 21.2 Å². The molecule has 0 aliphatic carbocycles. The molecule has 1 amide bonds. The van der Waals surface area contributed by atoms with Gasteiger partial charge in [0.05, 0.1) is 4.90 Å². The predicted octanol–water partition coefficient (Wildman–Crippen LogP) is 3.40. The lowest BCUT2D eigenvalue weighted by Crippen LogP contribution is -2.33. The smallest absolute Gasteiger partial charge is 0.262 e. The molecule has 5 nitrogen and oxygen atoms in total. The van der Waals surface area contributed by atoms with E-state index in [2.05, 4.69) is 4.72 Å². The summed E-state index contributed by atoms with van der Waals surface area (Å²) in [6.07, 6.45) is 1.71. The highest BCUT2D eigenvalue weighted by Gasteiger charge is 2.22. The van der Waals surface area contributed by atoms with Gasteiger partial charge in [0.25, 0.3) is 10.0 Å². The van der Waals surface area contributed by atoms with E-state index in [1.54, 1.807) is 36.9 Å². The molecule has 6 heteroatoms. The van der Waals surface area contributed by atoms with Gasteiger partial charge in [-0.3, -0.25) is 9.52 Å².